The fraction of sp³-hybridized carbons (Fsp3) is 0.167. The summed E-state index contributed by atoms with van der Waals surface area (Å²) < 4.78 is 63.6. The Kier molecular flexibility index (Phi) is 5.94. The van der Waals surface area contributed by atoms with E-state index in [0.717, 1.165) is 37.4 Å². The Balaban J connectivity index is 1.98. The number of ketones is 2. The summed E-state index contributed by atoms with van der Waals surface area (Å²) in [7, 11) is -3.80. The summed E-state index contributed by atoms with van der Waals surface area (Å²) in [5.41, 5.74) is 3.96. The molecule has 1 aliphatic rings. The van der Waals surface area contributed by atoms with E-state index < -0.39 is 53.5 Å². The van der Waals surface area contributed by atoms with Gasteiger partial charge >= 0.3 is 16.2 Å². The number of benzene rings is 3. The molecule has 0 saturated carbocycles. The van der Waals surface area contributed by atoms with E-state index in [1.807, 2.05) is 0 Å². The molecule has 0 fully saturated rings. The maximum Gasteiger partial charge on any atom is 0.416 e. The molecule has 0 saturated heterocycles. The zero-order chi connectivity index (χ0) is 26.6. The fourth-order valence-electron chi connectivity index (χ4n) is 3.88. The number of sulfonamides is 1. The number of nitrogens with two attached hydrogens (primary N) is 1. The maximum absolute atomic E-state index is 13.4. The summed E-state index contributed by atoms with van der Waals surface area (Å²) in [5.74, 6) is -1.36. The van der Waals surface area contributed by atoms with Gasteiger partial charge in [-0.05, 0) is 37.3 Å². The van der Waals surface area contributed by atoms with Gasteiger partial charge in [0.05, 0.1) is 41.7 Å². The zero-order valence-corrected chi connectivity index (χ0v) is 19.8. The standard InChI is InChI=1S/C24H20F3N3O5S/c1-3-30(2,33)36(34,35)18-12-17(29-14-10-8-13(9-11-14)24(25,26)27)19-20(21(18)28)23(32)16-7-5-4-6-15(16)22(19)31/h4-12,29H,3,28H2,1-2H3. The monoisotopic (exact) mass is 519 g/mol. The van der Waals surface area contributed by atoms with E-state index in [1.165, 1.54) is 25.1 Å². The Bertz CT molecular complexity index is 1520. The molecule has 3 N–H and O–H groups in total. The largest absolute Gasteiger partial charge is 0.617 e. The van der Waals surface area contributed by atoms with Gasteiger partial charge in [0.2, 0.25) is 0 Å². The first-order valence-corrected chi connectivity index (χ1v) is 12.1. The molecule has 3 aromatic rings. The van der Waals surface area contributed by atoms with Gasteiger partial charge in [0.25, 0.3) is 0 Å². The lowest BCUT2D eigenvalue weighted by molar-refractivity contribution is -0.727. The number of nitrogens with zero attached hydrogens (tertiary/aromatic N) is 1. The van der Waals surface area contributed by atoms with Crippen LogP contribution in [0.3, 0.4) is 0 Å². The molecular weight excluding hydrogens is 499 g/mol. The molecule has 4 rings (SSSR count). The minimum atomic E-state index is -4.71. The molecule has 0 aromatic heterocycles. The highest BCUT2D eigenvalue weighted by Crippen LogP contribution is 2.41. The van der Waals surface area contributed by atoms with E-state index in [-0.39, 0.29) is 34.6 Å². The molecule has 12 heteroatoms. The van der Waals surface area contributed by atoms with Gasteiger partial charge in [0, 0.05) is 16.8 Å². The molecule has 0 amide bonds. The predicted octanol–water partition coefficient (Wildman–Crippen LogP) is 4.46. The van der Waals surface area contributed by atoms with Gasteiger partial charge < -0.3 is 16.3 Å². The Labute approximate surface area is 204 Å². The van der Waals surface area contributed by atoms with Gasteiger partial charge in [-0.2, -0.15) is 21.6 Å². The average Bonchev–Trinajstić information content (AvgIpc) is 2.82. The van der Waals surface area contributed by atoms with Gasteiger partial charge in [0.1, 0.15) is 4.90 Å². The van der Waals surface area contributed by atoms with Crippen LogP contribution in [0, 0.1) is 5.21 Å². The smallest absolute Gasteiger partial charge is 0.416 e. The van der Waals surface area contributed by atoms with Crippen molar-refractivity contribution in [2.75, 3.05) is 24.6 Å². The lowest BCUT2D eigenvalue weighted by atomic mass is 9.82. The second-order valence-electron chi connectivity index (χ2n) is 8.30. The van der Waals surface area contributed by atoms with Crippen molar-refractivity contribution < 1.29 is 35.2 Å². The molecule has 0 heterocycles. The van der Waals surface area contributed by atoms with Crippen molar-refractivity contribution in [2.24, 2.45) is 0 Å². The van der Waals surface area contributed by atoms with Gasteiger partial charge in [-0.25, -0.2) is 0 Å². The third-order valence-corrected chi connectivity index (χ3v) is 8.22. The highest BCUT2D eigenvalue weighted by Gasteiger charge is 2.40. The van der Waals surface area contributed by atoms with Gasteiger partial charge in [-0.15, -0.1) is 0 Å². The number of alkyl halides is 3. The normalized spacial score (nSPS) is 15.2. The molecule has 1 atom stereocenters. The van der Waals surface area contributed by atoms with Crippen molar-refractivity contribution in [2.45, 2.75) is 18.0 Å². The van der Waals surface area contributed by atoms with Crippen LogP contribution in [0.1, 0.15) is 44.3 Å². The molecule has 1 aliphatic carbocycles. The summed E-state index contributed by atoms with van der Waals surface area (Å²) in [6.45, 7) is 0.974. The number of nitrogen functional groups attached to an aromatic ring is 1. The number of quaternary nitrogens is 1. The van der Waals surface area contributed by atoms with E-state index in [4.69, 9.17) is 5.73 Å². The Morgan fingerprint density at radius 2 is 1.50 bits per heavy atom. The number of carbonyl (C=O) groups is 2. The van der Waals surface area contributed by atoms with Crippen molar-refractivity contribution in [3.8, 4) is 0 Å². The van der Waals surface area contributed by atoms with Crippen molar-refractivity contribution in [1.29, 1.82) is 0 Å². The first-order valence-electron chi connectivity index (χ1n) is 10.6. The van der Waals surface area contributed by atoms with Crippen molar-refractivity contribution in [3.63, 3.8) is 0 Å². The molecule has 3 aromatic carbocycles. The third-order valence-electron chi connectivity index (χ3n) is 6.05. The van der Waals surface area contributed by atoms with Gasteiger partial charge in [-0.3, -0.25) is 13.6 Å². The minimum absolute atomic E-state index is 0.00611. The van der Waals surface area contributed by atoms with Crippen molar-refractivity contribution in [1.82, 2.24) is 0 Å². The quantitative estimate of drug-likeness (QED) is 0.226. The van der Waals surface area contributed by atoms with E-state index >= 15 is 0 Å². The van der Waals surface area contributed by atoms with Gasteiger partial charge in [0.15, 0.2) is 11.6 Å². The molecule has 0 aliphatic heterocycles. The van der Waals surface area contributed by atoms with Crippen LogP contribution >= 0.6 is 0 Å². The zero-order valence-electron chi connectivity index (χ0n) is 19.0. The van der Waals surface area contributed by atoms with E-state index in [2.05, 4.69) is 5.32 Å². The average molecular weight is 520 g/mol. The first-order chi connectivity index (χ1) is 16.7. The molecule has 188 valence electrons. The number of hydroxylamine groups is 2. The van der Waals surface area contributed by atoms with Crippen molar-refractivity contribution >= 4 is 38.7 Å². The SMILES string of the molecule is CC[N+](C)([O-])S(=O)(=O)c1cc(Nc2ccc(C(F)(F)F)cc2)c2c(c1N)C(=O)c1ccccc1C2=O. The Hall–Kier alpha value is -3.74. The summed E-state index contributed by atoms with van der Waals surface area (Å²) in [6.07, 6.45) is -4.58. The molecule has 1 unspecified atom stereocenters. The maximum atomic E-state index is 13.4. The number of fused-ring (bicyclic) bond motifs is 2. The van der Waals surface area contributed by atoms with Crippen molar-refractivity contribution in [3.05, 3.63) is 87.6 Å². The number of anilines is 3. The van der Waals surface area contributed by atoms with Crippen LogP contribution in [0.2, 0.25) is 0 Å². The number of halogens is 3. The molecule has 36 heavy (non-hydrogen) atoms. The lowest BCUT2D eigenvalue weighted by Gasteiger charge is -2.36. The molecule has 8 nitrogen and oxygen atoms in total. The molecular formula is C24H20F3N3O5S. The Morgan fingerprint density at radius 3 is 2.00 bits per heavy atom. The summed E-state index contributed by atoms with van der Waals surface area (Å²) in [6, 6.07) is 10.6. The number of carbonyl (C=O) groups excluding carboxylic acids is 2. The number of hydrogen-bond donors (Lipinski definition) is 2. The van der Waals surface area contributed by atoms with Crippen LogP contribution in [0.5, 0.6) is 0 Å². The van der Waals surface area contributed by atoms with E-state index in [1.54, 1.807) is 6.07 Å². The fourth-order valence-corrected chi connectivity index (χ4v) is 5.28. The highest BCUT2D eigenvalue weighted by atomic mass is 32.2. The summed E-state index contributed by atoms with van der Waals surface area (Å²) in [4.78, 5) is 26.1. The predicted molar refractivity (Wildman–Crippen MR) is 126 cm³/mol. The number of rotatable bonds is 5. The number of nitrogens with one attached hydrogen (secondary N) is 1. The first kappa shape index (κ1) is 25.4. The second-order valence-corrected chi connectivity index (χ2v) is 10.5. The highest BCUT2D eigenvalue weighted by molar-refractivity contribution is 7.86. The third kappa shape index (κ3) is 3.92. The Morgan fingerprint density at radius 1 is 0.972 bits per heavy atom. The molecule has 0 radical (unpaired) electrons. The van der Waals surface area contributed by atoms with Gasteiger partial charge in [-0.1, -0.05) is 24.3 Å². The second kappa shape index (κ2) is 8.43. The van der Waals surface area contributed by atoms with Crippen LogP contribution in [0.4, 0.5) is 30.2 Å². The van der Waals surface area contributed by atoms with Crippen LogP contribution in [0.25, 0.3) is 0 Å². The van der Waals surface area contributed by atoms with E-state index in [0.29, 0.717) is 0 Å². The lowest BCUT2D eigenvalue weighted by Crippen LogP contribution is -2.43. The van der Waals surface area contributed by atoms with Crippen LogP contribution in [0.15, 0.2) is 59.5 Å². The topological polar surface area (TPSA) is 129 Å². The molecule has 0 spiro atoms. The van der Waals surface area contributed by atoms with Crippen LogP contribution < -0.4 is 11.1 Å². The molecule has 0 bridgehead atoms. The summed E-state index contributed by atoms with van der Waals surface area (Å²) >= 11 is 0. The minimum Gasteiger partial charge on any atom is -0.617 e. The summed E-state index contributed by atoms with van der Waals surface area (Å²) in [5, 5.41) is 15.5. The van der Waals surface area contributed by atoms with E-state index in [9.17, 15) is 36.4 Å². The number of hydrogen-bond acceptors (Lipinski definition) is 7. The van der Waals surface area contributed by atoms with Crippen LogP contribution in [-0.4, -0.2) is 37.6 Å². The van der Waals surface area contributed by atoms with Crippen LogP contribution in [-0.2, 0) is 16.2 Å².